The third-order valence-corrected chi connectivity index (χ3v) is 7.39. The molecule has 2 amide bonds. The zero-order valence-corrected chi connectivity index (χ0v) is 18.2. The average Bonchev–Trinajstić information content (AvgIpc) is 3.31. The van der Waals surface area contributed by atoms with Crippen LogP contribution in [0.2, 0.25) is 5.02 Å². The summed E-state index contributed by atoms with van der Waals surface area (Å²) in [5.74, 6) is -0.449. The van der Waals surface area contributed by atoms with Crippen LogP contribution >= 0.6 is 11.6 Å². The van der Waals surface area contributed by atoms with Gasteiger partial charge in [-0.15, -0.1) is 0 Å². The van der Waals surface area contributed by atoms with Crippen LogP contribution in [0.5, 0.6) is 0 Å². The van der Waals surface area contributed by atoms with E-state index in [-0.39, 0.29) is 35.5 Å². The lowest BCUT2D eigenvalue weighted by atomic mass is 9.63. The van der Waals surface area contributed by atoms with E-state index < -0.39 is 0 Å². The van der Waals surface area contributed by atoms with Crippen LogP contribution in [0.15, 0.2) is 72.0 Å². The van der Waals surface area contributed by atoms with Gasteiger partial charge in [0.25, 0.3) is 11.8 Å². The number of hydrogen-bond donors (Lipinski definition) is 0. The molecule has 2 aromatic carbocycles. The monoisotopic (exact) mass is 443 g/mol. The molecule has 4 atom stereocenters. The first kappa shape index (κ1) is 19.5. The Hall–Kier alpha value is -3.18. The number of fused-ring (bicyclic) bond motifs is 2. The van der Waals surface area contributed by atoms with E-state index in [2.05, 4.69) is 27.9 Å². The Kier molecular flexibility index (Phi) is 4.54. The van der Waals surface area contributed by atoms with Gasteiger partial charge in [0.15, 0.2) is 0 Å². The molecule has 3 aliphatic carbocycles. The molecule has 1 saturated carbocycles. The highest BCUT2D eigenvalue weighted by atomic mass is 35.5. The van der Waals surface area contributed by atoms with Crippen LogP contribution in [0.1, 0.15) is 24.0 Å². The average molecular weight is 444 g/mol. The summed E-state index contributed by atoms with van der Waals surface area (Å²) in [6.07, 6.45) is 9.89. The van der Waals surface area contributed by atoms with Crippen molar-refractivity contribution in [3.05, 3.63) is 83.0 Å². The summed E-state index contributed by atoms with van der Waals surface area (Å²) in [7, 11) is 0. The van der Waals surface area contributed by atoms with Crippen LogP contribution in [0, 0.1) is 23.7 Å². The number of benzene rings is 2. The molecular formula is C26H22ClN3O2. The van der Waals surface area contributed by atoms with Gasteiger partial charge in [-0.1, -0.05) is 54.1 Å². The summed E-state index contributed by atoms with van der Waals surface area (Å²) in [6.45, 7) is 0.687. The molecule has 1 aliphatic heterocycles. The van der Waals surface area contributed by atoms with E-state index >= 15 is 0 Å². The van der Waals surface area contributed by atoms with Gasteiger partial charge in [-0.25, -0.2) is 0 Å². The molecule has 160 valence electrons. The fourth-order valence-corrected chi connectivity index (χ4v) is 5.71. The maximum Gasteiger partial charge on any atom is 0.254 e. The number of para-hydroxylation sites is 1. The highest BCUT2D eigenvalue weighted by Crippen LogP contribution is 2.49. The van der Waals surface area contributed by atoms with E-state index in [1.165, 1.54) is 0 Å². The number of aromatic nitrogens is 1. The third kappa shape index (κ3) is 3.03. The first-order chi connectivity index (χ1) is 15.6. The highest BCUT2D eigenvalue weighted by molar-refractivity contribution is 6.30. The van der Waals surface area contributed by atoms with Gasteiger partial charge in [0.2, 0.25) is 0 Å². The molecule has 0 unspecified atom stereocenters. The van der Waals surface area contributed by atoms with Crippen LogP contribution < -0.4 is 0 Å². The summed E-state index contributed by atoms with van der Waals surface area (Å²) in [4.78, 5) is 26.1. The lowest BCUT2D eigenvalue weighted by Gasteiger charge is -2.37. The van der Waals surface area contributed by atoms with Gasteiger partial charge in [0.05, 0.1) is 18.1 Å². The van der Waals surface area contributed by atoms with Gasteiger partial charge >= 0.3 is 0 Å². The lowest BCUT2D eigenvalue weighted by Crippen LogP contribution is -2.38. The van der Waals surface area contributed by atoms with E-state index in [9.17, 15) is 9.59 Å². The van der Waals surface area contributed by atoms with Crippen molar-refractivity contribution in [2.45, 2.75) is 19.4 Å². The maximum absolute atomic E-state index is 13.0. The van der Waals surface area contributed by atoms with Crippen LogP contribution in [-0.4, -0.2) is 27.6 Å². The molecule has 6 heteroatoms. The molecule has 0 spiro atoms. The van der Waals surface area contributed by atoms with Crippen LogP contribution in [0.3, 0.4) is 0 Å². The standard InChI is InChI=1S/C26H22ClN3O2/c27-20-11-5-16(6-12-20)14-29-15-19(21-3-1-2-4-22(21)29)13-28-30-25(31)23-17-7-8-18(10-9-17)24(23)26(30)32/h1-8,11-13,15,17-18,23-24H,9-10,14H2/b28-13-/t17-,18-,23-,24-/m0/s1. The molecule has 7 rings (SSSR count). The normalized spacial score (nSPS) is 26.6. The lowest BCUT2D eigenvalue weighted by molar-refractivity contribution is -0.140. The number of amides is 2. The van der Waals surface area contributed by atoms with Gasteiger partial charge < -0.3 is 4.57 Å². The van der Waals surface area contributed by atoms with Crippen molar-refractivity contribution >= 4 is 40.5 Å². The first-order valence-electron chi connectivity index (χ1n) is 11.0. The van der Waals surface area contributed by atoms with Crippen molar-refractivity contribution in [3.63, 3.8) is 0 Å². The topological polar surface area (TPSA) is 54.7 Å². The number of rotatable bonds is 4. The second-order valence-corrected chi connectivity index (χ2v) is 9.37. The molecule has 0 radical (unpaired) electrons. The molecule has 1 saturated heterocycles. The van der Waals surface area contributed by atoms with Crippen molar-refractivity contribution < 1.29 is 9.59 Å². The Morgan fingerprint density at radius 1 is 0.938 bits per heavy atom. The van der Waals surface area contributed by atoms with Crippen molar-refractivity contribution in [2.24, 2.45) is 28.8 Å². The number of imide groups is 1. The second kappa shape index (κ2) is 7.45. The minimum absolute atomic E-state index is 0.153. The number of allylic oxidation sites excluding steroid dienone is 2. The van der Waals surface area contributed by atoms with Gasteiger partial charge in [-0.2, -0.15) is 10.1 Å². The number of carbonyl (C=O) groups excluding carboxylic acids is 2. The number of nitrogens with zero attached hydrogens (tertiary/aromatic N) is 3. The van der Waals surface area contributed by atoms with Gasteiger partial charge in [-0.05, 0) is 48.4 Å². The van der Waals surface area contributed by atoms with Crippen LogP contribution in [0.4, 0.5) is 0 Å². The molecule has 1 aromatic heterocycles. The molecular weight excluding hydrogens is 422 g/mol. The summed E-state index contributed by atoms with van der Waals surface area (Å²) < 4.78 is 2.15. The molecule has 32 heavy (non-hydrogen) atoms. The largest absolute Gasteiger partial charge is 0.342 e. The number of hydrogen-bond acceptors (Lipinski definition) is 3. The SMILES string of the molecule is O=C1[C@@H]2[C@@H](C(=O)N1/N=C\c1cn(Cc3ccc(Cl)cc3)c3ccccc13)[C@H]1C=C[C@H]2CC1. The zero-order chi connectivity index (χ0) is 21.8. The van der Waals surface area contributed by atoms with Crippen LogP contribution in [0.25, 0.3) is 10.9 Å². The molecule has 4 aliphatic rings. The van der Waals surface area contributed by atoms with E-state index in [0.29, 0.717) is 11.6 Å². The summed E-state index contributed by atoms with van der Waals surface area (Å²) in [5, 5.41) is 7.28. The highest BCUT2D eigenvalue weighted by Gasteiger charge is 2.56. The quantitative estimate of drug-likeness (QED) is 0.328. The van der Waals surface area contributed by atoms with E-state index in [0.717, 1.165) is 39.9 Å². The fourth-order valence-electron chi connectivity index (χ4n) is 5.59. The van der Waals surface area contributed by atoms with E-state index in [1.54, 1.807) is 6.21 Å². The Bertz CT molecular complexity index is 1260. The van der Waals surface area contributed by atoms with Crippen molar-refractivity contribution in [1.82, 2.24) is 9.58 Å². The predicted molar refractivity (Wildman–Crippen MR) is 124 cm³/mol. The van der Waals surface area contributed by atoms with Crippen molar-refractivity contribution in [1.29, 1.82) is 0 Å². The molecule has 2 heterocycles. The zero-order valence-electron chi connectivity index (χ0n) is 17.4. The molecule has 5 nitrogen and oxygen atoms in total. The molecule has 3 aromatic rings. The minimum Gasteiger partial charge on any atom is -0.342 e. The predicted octanol–water partition coefficient (Wildman–Crippen LogP) is 4.87. The van der Waals surface area contributed by atoms with Crippen molar-refractivity contribution in [2.75, 3.05) is 0 Å². The Balaban J connectivity index is 1.32. The van der Waals surface area contributed by atoms with Gasteiger partial charge in [0, 0.05) is 34.2 Å². The Morgan fingerprint density at radius 2 is 1.59 bits per heavy atom. The smallest absolute Gasteiger partial charge is 0.254 e. The third-order valence-electron chi connectivity index (χ3n) is 7.13. The minimum atomic E-state index is -0.241. The Morgan fingerprint density at radius 3 is 2.25 bits per heavy atom. The fraction of sp³-hybridized carbons (Fsp3) is 0.269. The molecule has 2 fully saturated rings. The van der Waals surface area contributed by atoms with Crippen LogP contribution in [-0.2, 0) is 16.1 Å². The molecule has 0 N–H and O–H groups in total. The number of halogens is 1. The second-order valence-electron chi connectivity index (χ2n) is 8.93. The summed E-state index contributed by atoms with van der Waals surface area (Å²) in [6, 6.07) is 15.9. The maximum atomic E-state index is 13.0. The number of carbonyl (C=O) groups is 2. The number of hydrazone groups is 1. The van der Waals surface area contributed by atoms with Gasteiger partial charge in [0.1, 0.15) is 0 Å². The van der Waals surface area contributed by atoms with E-state index in [4.69, 9.17) is 11.6 Å². The summed E-state index contributed by atoms with van der Waals surface area (Å²) in [5.41, 5.74) is 3.08. The van der Waals surface area contributed by atoms with E-state index in [1.807, 2.05) is 48.7 Å². The van der Waals surface area contributed by atoms with Crippen molar-refractivity contribution in [3.8, 4) is 0 Å². The molecule has 2 bridgehead atoms. The first-order valence-corrected chi connectivity index (χ1v) is 11.4. The van der Waals surface area contributed by atoms with Gasteiger partial charge in [-0.3, -0.25) is 9.59 Å². The Labute approximate surface area is 191 Å². The summed E-state index contributed by atoms with van der Waals surface area (Å²) >= 11 is 6.02.